The summed E-state index contributed by atoms with van der Waals surface area (Å²) in [4.78, 5) is 0. The third-order valence-corrected chi connectivity index (χ3v) is 4.36. The van der Waals surface area contributed by atoms with Gasteiger partial charge >= 0.3 is 0 Å². The van der Waals surface area contributed by atoms with Crippen molar-refractivity contribution in [2.24, 2.45) is 5.92 Å². The summed E-state index contributed by atoms with van der Waals surface area (Å²) in [5.41, 5.74) is -1.22. The largest absolute Gasteiger partial charge is 0.293 e. The minimum Gasteiger partial charge on any atom is -0.268 e. The fraction of sp³-hybridized carbons (Fsp3) is 0.727. The zero-order valence-corrected chi connectivity index (χ0v) is 11.7. The average Bonchev–Trinajstić information content (AvgIpc) is 2.97. The number of hydrogen-bond acceptors (Lipinski definition) is 4. The summed E-state index contributed by atoms with van der Waals surface area (Å²) < 4.78 is 81.0. The first-order valence-corrected chi connectivity index (χ1v) is 8.06. The van der Waals surface area contributed by atoms with Crippen molar-refractivity contribution in [2.45, 2.75) is 31.2 Å². The van der Waals surface area contributed by atoms with Crippen LogP contribution in [-0.2, 0) is 26.8 Å². The molecular weight excluding hydrogens is 316 g/mol. The van der Waals surface area contributed by atoms with Gasteiger partial charge in [-0.1, -0.05) is 0 Å². The van der Waals surface area contributed by atoms with Crippen LogP contribution < -0.4 is 0 Å². The van der Waals surface area contributed by atoms with E-state index in [0.29, 0.717) is 0 Å². The molecule has 21 heavy (non-hydrogen) atoms. The van der Waals surface area contributed by atoms with Crippen LogP contribution in [0.1, 0.15) is 35.7 Å². The van der Waals surface area contributed by atoms with Gasteiger partial charge in [-0.15, -0.1) is 0 Å². The van der Waals surface area contributed by atoms with Crippen molar-refractivity contribution < 1.29 is 30.2 Å². The molecule has 1 heterocycles. The average molecular weight is 328 g/mol. The second-order valence-corrected chi connectivity index (χ2v) is 6.91. The molecule has 5 nitrogen and oxygen atoms in total. The smallest absolute Gasteiger partial charge is 0.268 e. The molecular formula is C11H12F4N2O3S. The van der Waals surface area contributed by atoms with Gasteiger partial charge in [-0.2, -0.15) is 22.3 Å². The van der Waals surface area contributed by atoms with E-state index in [4.69, 9.17) is 0 Å². The predicted octanol–water partition coefficient (Wildman–Crippen LogP) is 2.01. The van der Waals surface area contributed by atoms with Crippen molar-refractivity contribution in [2.75, 3.05) is 12.9 Å². The number of rotatable bonds is 5. The molecule has 0 bridgehead atoms. The third kappa shape index (κ3) is 2.33. The highest BCUT2D eigenvalue weighted by Crippen LogP contribution is 2.68. The number of alkyl halides is 4. The van der Waals surface area contributed by atoms with E-state index in [0.717, 1.165) is 10.9 Å². The molecule has 0 radical (unpaired) electrons. The van der Waals surface area contributed by atoms with Crippen molar-refractivity contribution in [3.63, 3.8) is 0 Å². The Morgan fingerprint density at radius 1 is 1.48 bits per heavy atom. The minimum absolute atomic E-state index is 0.0700. The van der Waals surface area contributed by atoms with Crippen LogP contribution in [0, 0.1) is 5.92 Å². The molecule has 2 aliphatic rings. The molecule has 0 spiro atoms. The van der Waals surface area contributed by atoms with Gasteiger partial charge in [0, 0.05) is 11.5 Å². The van der Waals surface area contributed by atoms with Gasteiger partial charge in [0.1, 0.15) is 11.4 Å². The minimum atomic E-state index is -3.73. The molecule has 1 aromatic rings. The van der Waals surface area contributed by atoms with Gasteiger partial charge < -0.3 is 0 Å². The number of hydrogen-bond donors (Lipinski definition) is 0. The van der Waals surface area contributed by atoms with E-state index in [-0.39, 0.29) is 18.5 Å². The van der Waals surface area contributed by atoms with Crippen LogP contribution in [0.3, 0.4) is 0 Å². The molecule has 1 saturated carbocycles. The summed E-state index contributed by atoms with van der Waals surface area (Å²) in [6, 6.07) is 0. The summed E-state index contributed by atoms with van der Waals surface area (Å²) >= 11 is 0. The van der Waals surface area contributed by atoms with Crippen LogP contribution in [0.5, 0.6) is 0 Å². The zero-order valence-electron chi connectivity index (χ0n) is 10.9. The SMILES string of the molecule is CS(=O)(=O)OCCn1nc(C(F)F)c2c1C(F)(F)[C@@H]1C[C@H]21. The molecule has 2 aliphatic carbocycles. The molecule has 0 unspecified atom stereocenters. The van der Waals surface area contributed by atoms with E-state index in [1.54, 1.807) is 0 Å². The van der Waals surface area contributed by atoms with Crippen molar-refractivity contribution in [1.29, 1.82) is 0 Å². The number of halogens is 4. The van der Waals surface area contributed by atoms with Gasteiger partial charge in [-0.3, -0.25) is 8.86 Å². The topological polar surface area (TPSA) is 61.2 Å². The lowest BCUT2D eigenvalue weighted by Crippen LogP contribution is -2.22. The second kappa shape index (κ2) is 4.42. The zero-order chi connectivity index (χ0) is 15.6. The lowest BCUT2D eigenvalue weighted by Gasteiger charge is -2.15. The van der Waals surface area contributed by atoms with Crippen molar-refractivity contribution in [3.8, 4) is 0 Å². The van der Waals surface area contributed by atoms with Gasteiger partial charge in [-0.05, 0) is 12.3 Å². The summed E-state index contributed by atoms with van der Waals surface area (Å²) in [5.74, 6) is -4.71. The highest BCUT2D eigenvalue weighted by molar-refractivity contribution is 7.85. The fourth-order valence-electron chi connectivity index (χ4n) is 2.90. The van der Waals surface area contributed by atoms with Crippen LogP contribution >= 0.6 is 0 Å². The van der Waals surface area contributed by atoms with Crippen molar-refractivity contribution in [3.05, 3.63) is 17.0 Å². The Morgan fingerprint density at radius 3 is 2.71 bits per heavy atom. The lowest BCUT2D eigenvalue weighted by atomic mass is 10.1. The molecule has 0 aliphatic heterocycles. The van der Waals surface area contributed by atoms with E-state index in [2.05, 4.69) is 9.28 Å². The highest BCUT2D eigenvalue weighted by atomic mass is 32.2. The maximum atomic E-state index is 14.1. The molecule has 1 fully saturated rings. The number of nitrogens with zero attached hydrogens (tertiary/aromatic N) is 2. The lowest BCUT2D eigenvalue weighted by molar-refractivity contribution is -0.0314. The van der Waals surface area contributed by atoms with E-state index >= 15 is 0 Å². The Kier molecular flexibility index (Phi) is 3.11. The van der Waals surface area contributed by atoms with E-state index in [1.807, 2.05) is 0 Å². The van der Waals surface area contributed by atoms with E-state index < -0.39 is 52.3 Å². The summed E-state index contributed by atoms with van der Waals surface area (Å²) in [6.07, 6.45) is -1.94. The van der Waals surface area contributed by atoms with Crippen molar-refractivity contribution >= 4 is 10.1 Å². The van der Waals surface area contributed by atoms with Crippen LogP contribution in [-0.4, -0.2) is 31.1 Å². The molecule has 2 atom stereocenters. The van der Waals surface area contributed by atoms with E-state index in [1.165, 1.54) is 0 Å². The van der Waals surface area contributed by atoms with Gasteiger partial charge in [-0.25, -0.2) is 8.78 Å². The third-order valence-electron chi connectivity index (χ3n) is 3.77. The standard InChI is InChI=1S/C11H12F4N2O3S/c1-21(18,19)20-3-2-17-9-7(8(16-17)10(12)13)5-4-6(5)11(9,14)15/h5-6,10H,2-4H2,1H3/t5-,6+/m0/s1. The normalized spacial score (nSPS) is 26.0. The predicted molar refractivity (Wildman–Crippen MR) is 62.7 cm³/mol. The molecule has 0 aromatic carbocycles. The van der Waals surface area contributed by atoms with E-state index in [9.17, 15) is 26.0 Å². The second-order valence-electron chi connectivity index (χ2n) is 5.27. The van der Waals surface area contributed by atoms with Gasteiger partial charge in [0.25, 0.3) is 22.5 Å². The first-order chi connectivity index (χ1) is 9.63. The quantitative estimate of drug-likeness (QED) is 0.613. The maximum Gasteiger partial charge on any atom is 0.293 e. The maximum absolute atomic E-state index is 14.1. The Bertz CT molecular complexity index is 686. The Morgan fingerprint density at radius 2 is 2.14 bits per heavy atom. The molecule has 0 N–H and O–H groups in total. The van der Waals surface area contributed by atoms with Gasteiger partial charge in [0.05, 0.1) is 19.4 Å². The Hall–Kier alpha value is -1.16. The Labute approximate surface area is 118 Å². The van der Waals surface area contributed by atoms with Crippen LogP contribution in [0.25, 0.3) is 0 Å². The summed E-state index contributed by atoms with van der Waals surface area (Å²) in [7, 11) is -3.73. The molecule has 10 heteroatoms. The monoisotopic (exact) mass is 328 g/mol. The first-order valence-electron chi connectivity index (χ1n) is 6.24. The van der Waals surface area contributed by atoms with Crippen molar-refractivity contribution in [1.82, 2.24) is 9.78 Å². The number of aromatic nitrogens is 2. The molecule has 3 rings (SSSR count). The molecule has 118 valence electrons. The molecule has 0 saturated heterocycles. The summed E-state index contributed by atoms with van der Waals surface area (Å²) in [5, 5.41) is 3.54. The summed E-state index contributed by atoms with van der Waals surface area (Å²) in [6.45, 7) is -0.752. The van der Waals surface area contributed by atoms with Gasteiger partial charge in [0.15, 0.2) is 0 Å². The molecule has 0 amide bonds. The fourth-order valence-corrected chi connectivity index (χ4v) is 3.28. The van der Waals surface area contributed by atoms with Gasteiger partial charge in [0.2, 0.25) is 0 Å². The highest BCUT2D eigenvalue weighted by Gasteiger charge is 2.67. The van der Waals surface area contributed by atoms with Crippen LogP contribution in [0.2, 0.25) is 0 Å². The first kappa shape index (κ1) is 14.8. The number of fused-ring (bicyclic) bond motifs is 3. The molecule has 1 aromatic heterocycles. The van der Waals surface area contributed by atoms with Crippen LogP contribution in [0.4, 0.5) is 17.6 Å². The van der Waals surface area contributed by atoms with Crippen LogP contribution in [0.15, 0.2) is 0 Å². The Balaban J connectivity index is 1.92.